The zero-order chi connectivity index (χ0) is 13.6. The molecule has 0 saturated heterocycles. The minimum atomic E-state index is -4.34. The summed E-state index contributed by atoms with van der Waals surface area (Å²) in [5, 5.41) is 3.26. The molecule has 0 aromatic carbocycles. The van der Waals surface area contributed by atoms with Crippen LogP contribution in [0.2, 0.25) is 0 Å². The first-order valence-corrected chi connectivity index (χ1v) is 5.81. The van der Waals surface area contributed by atoms with E-state index in [2.05, 4.69) is 22.0 Å². The van der Waals surface area contributed by atoms with Crippen LogP contribution in [0.25, 0.3) is 0 Å². The lowest BCUT2D eigenvalue weighted by molar-refractivity contribution is -0.154. The second-order valence-corrected chi connectivity index (χ2v) is 4.01. The van der Waals surface area contributed by atoms with Crippen LogP contribution in [0, 0.1) is 0 Å². The Morgan fingerprint density at radius 2 is 2.11 bits per heavy atom. The highest BCUT2D eigenvalue weighted by atomic mass is 19.4. The molecule has 18 heavy (non-hydrogen) atoms. The molecule has 0 amide bonds. The molecule has 0 aliphatic rings. The Morgan fingerprint density at radius 3 is 2.61 bits per heavy atom. The van der Waals surface area contributed by atoms with Gasteiger partial charge in [0.15, 0.2) is 6.61 Å². The molecule has 0 saturated carbocycles. The van der Waals surface area contributed by atoms with Crippen molar-refractivity contribution < 1.29 is 17.9 Å². The molecule has 0 aliphatic carbocycles. The number of rotatable bonds is 6. The van der Waals surface area contributed by atoms with Crippen LogP contribution in [0.4, 0.5) is 13.2 Å². The number of nitrogens with one attached hydrogen (secondary N) is 1. The summed E-state index contributed by atoms with van der Waals surface area (Å²) in [7, 11) is 0. The Kier molecular flexibility index (Phi) is 5.40. The van der Waals surface area contributed by atoms with Crippen LogP contribution < -0.4 is 10.1 Å². The van der Waals surface area contributed by atoms with E-state index in [9.17, 15) is 13.2 Å². The van der Waals surface area contributed by atoms with Gasteiger partial charge >= 0.3 is 6.18 Å². The van der Waals surface area contributed by atoms with Crippen LogP contribution in [0.15, 0.2) is 18.3 Å². The lowest BCUT2D eigenvalue weighted by Gasteiger charge is -2.14. The van der Waals surface area contributed by atoms with Gasteiger partial charge in [-0.1, -0.05) is 13.0 Å². The van der Waals surface area contributed by atoms with Crippen molar-refractivity contribution in [1.29, 1.82) is 0 Å². The molecule has 0 radical (unpaired) electrons. The number of hydrogen-bond donors (Lipinski definition) is 1. The Bertz CT molecular complexity index is 351. The van der Waals surface area contributed by atoms with Crippen molar-refractivity contribution in [3.63, 3.8) is 0 Å². The van der Waals surface area contributed by atoms with E-state index in [0.29, 0.717) is 0 Å². The summed E-state index contributed by atoms with van der Waals surface area (Å²) < 4.78 is 40.3. The fraction of sp³-hybridized carbons (Fsp3) is 0.583. The summed E-state index contributed by atoms with van der Waals surface area (Å²) in [5.41, 5.74) is 0.919. The lowest BCUT2D eigenvalue weighted by Crippen LogP contribution is -2.20. The molecule has 0 bridgehead atoms. The van der Waals surface area contributed by atoms with Crippen molar-refractivity contribution in [2.75, 3.05) is 13.2 Å². The molecule has 1 atom stereocenters. The predicted octanol–water partition coefficient (Wildman–Crippen LogP) is 3.08. The van der Waals surface area contributed by atoms with Gasteiger partial charge in [-0.15, -0.1) is 0 Å². The second kappa shape index (κ2) is 6.58. The SMILES string of the molecule is CCCNC(C)c1ccc(OCC(F)(F)F)nc1. The Labute approximate surface area is 104 Å². The van der Waals surface area contributed by atoms with Crippen LogP contribution in [-0.4, -0.2) is 24.3 Å². The van der Waals surface area contributed by atoms with Gasteiger partial charge in [0.05, 0.1) is 0 Å². The Morgan fingerprint density at radius 1 is 1.39 bits per heavy atom. The number of nitrogens with zero attached hydrogens (tertiary/aromatic N) is 1. The van der Waals surface area contributed by atoms with Crippen molar-refractivity contribution in [1.82, 2.24) is 10.3 Å². The average Bonchev–Trinajstić information content (AvgIpc) is 2.33. The van der Waals surface area contributed by atoms with Crippen molar-refractivity contribution in [3.05, 3.63) is 23.9 Å². The maximum atomic E-state index is 11.9. The topological polar surface area (TPSA) is 34.1 Å². The zero-order valence-corrected chi connectivity index (χ0v) is 10.4. The van der Waals surface area contributed by atoms with Crippen molar-refractivity contribution in [2.45, 2.75) is 32.5 Å². The van der Waals surface area contributed by atoms with Crippen LogP contribution in [0.3, 0.4) is 0 Å². The van der Waals surface area contributed by atoms with E-state index in [-0.39, 0.29) is 11.9 Å². The summed E-state index contributed by atoms with van der Waals surface area (Å²) >= 11 is 0. The molecule has 0 spiro atoms. The van der Waals surface area contributed by atoms with Gasteiger partial charge in [0.25, 0.3) is 0 Å². The highest BCUT2D eigenvalue weighted by Crippen LogP contribution is 2.18. The highest BCUT2D eigenvalue weighted by Gasteiger charge is 2.28. The molecule has 1 aromatic heterocycles. The second-order valence-electron chi connectivity index (χ2n) is 4.01. The van der Waals surface area contributed by atoms with E-state index < -0.39 is 12.8 Å². The van der Waals surface area contributed by atoms with Gasteiger partial charge in [0.2, 0.25) is 5.88 Å². The van der Waals surface area contributed by atoms with Crippen LogP contribution in [0.5, 0.6) is 5.88 Å². The van der Waals surface area contributed by atoms with E-state index in [1.165, 1.54) is 12.3 Å². The lowest BCUT2D eigenvalue weighted by atomic mass is 10.1. The van der Waals surface area contributed by atoms with Gasteiger partial charge < -0.3 is 10.1 Å². The summed E-state index contributed by atoms with van der Waals surface area (Å²) in [6.07, 6.45) is -1.79. The maximum Gasteiger partial charge on any atom is 0.422 e. The quantitative estimate of drug-likeness (QED) is 0.855. The smallest absolute Gasteiger partial charge is 0.422 e. The third kappa shape index (κ3) is 5.35. The van der Waals surface area contributed by atoms with Crippen LogP contribution >= 0.6 is 0 Å². The van der Waals surface area contributed by atoms with E-state index in [4.69, 9.17) is 0 Å². The fourth-order valence-corrected chi connectivity index (χ4v) is 1.37. The highest BCUT2D eigenvalue weighted by molar-refractivity contribution is 5.20. The van der Waals surface area contributed by atoms with Gasteiger partial charge in [-0.25, -0.2) is 4.98 Å². The number of aromatic nitrogens is 1. The maximum absolute atomic E-state index is 11.9. The molecule has 102 valence electrons. The number of alkyl halides is 3. The minimum absolute atomic E-state index is 0.0150. The van der Waals surface area contributed by atoms with Crippen molar-refractivity contribution in [2.24, 2.45) is 0 Å². The summed E-state index contributed by atoms with van der Waals surface area (Å²) in [5.74, 6) is -0.0150. The van der Waals surface area contributed by atoms with Crippen LogP contribution in [-0.2, 0) is 0 Å². The number of halogens is 3. The van der Waals surface area contributed by atoms with Gasteiger partial charge in [-0.2, -0.15) is 13.2 Å². The van der Waals surface area contributed by atoms with Crippen molar-refractivity contribution in [3.8, 4) is 5.88 Å². The Hall–Kier alpha value is -1.30. The molecule has 1 aromatic rings. The van der Waals surface area contributed by atoms with E-state index in [0.717, 1.165) is 18.5 Å². The van der Waals surface area contributed by atoms with E-state index in [1.807, 2.05) is 6.92 Å². The fourth-order valence-electron chi connectivity index (χ4n) is 1.37. The molecule has 3 nitrogen and oxygen atoms in total. The molecule has 1 N–H and O–H groups in total. The average molecular weight is 262 g/mol. The van der Waals surface area contributed by atoms with E-state index in [1.54, 1.807) is 6.07 Å². The standard InChI is InChI=1S/C12H17F3N2O/c1-3-6-16-9(2)10-4-5-11(17-7-10)18-8-12(13,14)15/h4-5,7,9,16H,3,6,8H2,1-2H3. The van der Waals surface area contributed by atoms with E-state index >= 15 is 0 Å². The first-order chi connectivity index (χ1) is 8.42. The van der Waals surface area contributed by atoms with Crippen LogP contribution in [0.1, 0.15) is 31.9 Å². The molecule has 0 fully saturated rings. The number of pyridine rings is 1. The predicted molar refractivity (Wildman–Crippen MR) is 62.5 cm³/mol. The molecule has 0 aliphatic heterocycles. The van der Waals surface area contributed by atoms with Gasteiger partial charge in [-0.3, -0.25) is 0 Å². The third-order valence-electron chi connectivity index (χ3n) is 2.34. The molecule has 1 rings (SSSR count). The minimum Gasteiger partial charge on any atom is -0.468 e. The zero-order valence-electron chi connectivity index (χ0n) is 10.4. The van der Waals surface area contributed by atoms with Gasteiger partial charge in [-0.05, 0) is 25.5 Å². The normalized spacial score (nSPS) is 13.4. The molecule has 1 unspecified atom stereocenters. The molecule has 6 heteroatoms. The summed E-state index contributed by atoms with van der Waals surface area (Å²) in [6.45, 7) is 3.60. The molecular weight excluding hydrogens is 245 g/mol. The molecule has 1 heterocycles. The molecular formula is C12H17F3N2O. The summed E-state index contributed by atoms with van der Waals surface area (Å²) in [6, 6.07) is 3.28. The monoisotopic (exact) mass is 262 g/mol. The Balaban J connectivity index is 2.52. The largest absolute Gasteiger partial charge is 0.468 e. The van der Waals surface area contributed by atoms with Gasteiger partial charge in [0, 0.05) is 18.3 Å². The first kappa shape index (κ1) is 14.8. The van der Waals surface area contributed by atoms with Crippen molar-refractivity contribution >= 4 is 0 Å². The summed E-state index contributed by atoms with van der Waals surface area (Å²) in [4.78, 5) is 3.85. The number of hydrogen-bond acceptors (Lipinski definition) is 3. The number of ether oxygens (including phenoxy) is 1. The first-order valence-electron chi connectivity index (χ1n) is 5.81. The third-order valence-corrected chi connectivity index (χ3v) is 2.34. The van der Waals surface area contributed by atoms with Gasteiger partial charge in [0.1, 0.15) is 0 Å².